The molecule has 2 aromatic heterocycles. The molecule has 0 aliphatic rings. The maximum absolute atomic E-state index is 13.5. The van der Waals surface area contributed by atoms with Crippen molar-refractivity contribution in [1.82, 2.24) is 14.5 Å². The van der Waals surface area contributed by atoms with Crippen LogP contribution in [-0.2, 0) is 0 Å². The van der Waals surface area contributed by atoms with Crippen molar-refractivity contribution in [3.8, 4) is 16.9 Å². The molecule has 6 heteroatoms. The molecule has 0 aliphatic heterocycles. The summed E-state index contributed by atoms with van der Waals surface area (Å²) in [5.41, 5.74) is 7.77. The summed E-state index contributed by atoms with van der Waals surface area (Å²) in [4.78, 5) is 8.14. The molecule has 3 rings (SSSR count). The highest BCUT2D eigenvalue weighted by Crippen LogP contribution is 2.24. The lowest BCUT2D eigenvalue weighted by molar-refractivity contribution is 0.626. The second-order valence-corrected chi connectivity index (χ2v) is 4.68. The minimum atomic E-state index is -0.400. The van der Waals surface area contributed by atoms with Gasteiger partial charge in [0.25, 0.3) is 0 Å². The third-order valence-corrected chi connectivity index (χ3v) is 3.06. The van der Waals surface area contributed by atoms with Crippen LogP contribution in [0.3, 0.4) is 0 Å². The first-order valence-corrected chi connectivity index (χ1v) is 6.22. The average molecular weight is 289 g/mol. The van der Waals surface area contributed by atoms with E-state index in [1.54, 1.807) is 35.4 Å². The van der Waals surface area contributed by atoms with Crippen molar-refractivity contribution in [3.05, 3.63) is 59.9 Å². The molecule has 1 aromatic carbocycles. The molecule has 2 N–H and O–H groups in total. The highest BCUT2D eigenvalue weighted by Gasteiger charge is 2.09. The predicted molar refractivity (Wildman–Crippen MR) is 76.2 cm³/mol. The summed E-state index contributed by atoms with van der Waals surface area (Å²) in [6.45, 7) is 0. The number of pyridine rings is 1. The first-order chi connectivity index (χ1) is 9.63. The van der Waals surface area contributed by atoms with Crippen LogP contribution < -0.4 is 5.73 Å². The van der Waals surface area contributed by atoms with Gasteiger partial charge < -0.3 is 5.73 Å². The lowest BCUT2D eigenvalue weighted by Gasteiger charge is -2.09. The molecule has 100 valence electrons. The second-order valence-electron chi connectivity index (χ2n) is 4.25. The van der Waals surface area contributed by atoms with Crippen molar-refractivity contribution in [2.45, 2.75) is 0 Å². The number of halogens is 2. The van der Waals surface area contributed by atoms with Gasteiger partial charge in [0.2, 0.25) is 0 Å². The standard InChI is InChI=1S/C14H10ClFN4/c15-10-3-11(16)5-12(4-10)20-8-18-7-13(20)9-1-2-14(17)19-6-9/h1-8H,(H2,17,19). The van der Waals surface area contributed by atoms with Gasteiger partial charge in [0.15, 0.2) is 0 Å². The van der Waals surface area contributed by atoms with Crippen molar-refractivity contribution >= 4 is 17.4 Å². The van der Waals surface area contributed by atoms with E-state index in [9.17, 15) is 4.39 Å². The number of anilines is 1. The van der Waals surface area contributed by atoms with E-state index in [0.29, 0.717) is 16.5 Å². The second kappa shape index (κ2) is 4.94. The molecule has 0 fully saturated rings. The zero-order chi connectivity index (χ0) is 14.1. The zero-order valence-electron chi connectivity index (χ0n) is 10.3. The lowest BCUT2D eigenvalue weighted by atomic mass is 10.2. The number of hydrogen-bond acceptors (Lipinski definition) is 3. The summed E-state index contributed by atoms with van der Waals surface area (Å²) in [7, 11) is 0. The number of nitrogens with two attached hydrogens (primary N) is 1. The van der Waals surface area contributed by atoms with Gasteiger partial charge in [0, 0.05) is 16.8 Å². The van der Waals surface area contributed by atoms with Crippen molar-refractivity contribution < 1.29 is 4.39 Å². The number of hydrogen-bond donors (Lipinski definition) is 1. The van der Waals surface area contributed by atoms with Crippen LogP contribution in [0.1, 0.15) is 0 Å². The van der Waals surface area contributed by atoms with Crippen LogP contribution in [0.5, 0.6) is 0 Å². The first kappa shape index (κ1) is 12.6. The van der Waals surface area contributed by atoms with E-state index in [1.807, 2.05) is 6.07 Å². The Morgan fingerprint density at radius 1 is 1.15 bits per heavy atom. The highest BCUT2D eigenvalue weighted by molar-refractivity contribution is 6.30. The molecule has 20 heavy (non-hydrogen) atoms. The number of rotatable bonds is 2. The Morgan fingerprint density at radius 3 is 2.70 bits per heavy atom. The maximum Gasteiger partial charge on any atom is 0.126 e. The molecule has 4 nitrogen and oxygen atoms in total. The SMILES string of the molecule is Nc1ccc(-c2cncn2-c2cc(F)cc(Cl)c2)cn1. The summed E-state index contributed by atoms with van der Waals surface area (Å²) in [6, 6.07) is 7.84. The van der Waals surface area contributed by atoms with Gasteiger partial charge >= 0.3 is 0 Å². The molecule has 0 bridgehead atoms. The number of benzene rings is 1. The summed E-state index contributed by atoms with van der Waals surface area (Å²) in [6.07, 6.45) is 4.91. The van der Waals surface area contributed by atoms with Crippen LogP contribution in [0.25, 0.3) is 16.9 Å². The normalized spacial score (nSPS) is 10.7. The Hall–Kier alpha value is -2.40. The topological polar surface area (TPSA) is 56.7 Å². The third kappa shape index (κ3) is 2.35. The van der Waals surface area contributed by atoms with E-state index >= 15 is 0 Å². The van der Waals surface area contributed by atoms with Gasteiger partial charge in [-0.05, 0) is 30.3 Å². The minimum Gasteiger partial charge on any atom is -0.384 e. The molecule has 0 unspecified atom stereocenters. The largest absolute Gasteiger partial charge is 0.384 e. The number of nitrogens with zero attached hydrogens (tertiary/aromatic N) is 3. The van der Waals surface area contributed by atoms with E-state index in [2.05, 4.69) is 9.97 Å². The Bertz CT molecular complexity index is 732. The van der Waals surface area contributed by atoms with Crippen LogP contribution >= 0.6 is 11.6 Å². The molecule has 0 amide bonds. The fourth-order valence-electron chi connectivity index (χ4n) is 1.95. The molecular formula is C14H10ClFN4. The van der Waals surface area contributed by atoms with Crippen LogP contribution in [0.2, 0.25) is 5.02 Å². The third-order valence-electron chi connectivity index (χ3n) is 2.85. The lowest BCUT2D eigenvalue weighted by Crippen LogP contribution is -1.97. The van der Waals surface area contributed by atoms with Gasteiger partial charge in [-0.15, -0.1) is 0 Å². The molecule has 3 aromatic rings. The van der Waals surface area contributed by atoms with E-state index in [0.717, 1.165) is 11.3 Å². The molecule has 0 saturated heterocycles. The fourth-order valence-corrected chi connectivity index (χ4v) is 2.17. The summed E-state index contributed by atoms with van der Waals surface area (Å²) < 4.78 is 15.2. The highest BCUT2D eigenvalue weighted by atomic mass is 35.5. The number of nitrogen functional groups attached to an aromatic ring is 1. The summed E-state index contributed by atoms with van der Waals surface area (Å²) in [5, 5.41) is 0.329. The van der Waals surface area contributed by atoms with Gasteiger partial charge in [-0.25, -0.2) is 14.4 Å². The molecule has 0 spiro atoms. The van der Waals surface area contributed by atoms with E-state index in [4.69, 9.17) is 17.3 Å². The molecule has 0 atom stereocenters. The van der Waals surface area contributed by atoms with E-state index in [1.165, 1.54) is 12.1 Å². The Balaban J connectivity index is 2.12. The van der Waals surface area contributed by atoms with Gasteiger partial charge in [-0.2, -0.15) is 0 Å². The van der Waals surface area contributed by atoms with Crippen molar-refractivity contribution in [2.24, 2.45) is 0 Å². The summed E-state index contributed by atoms with van der Waals surface area (Å²) in [5.74, 6) is 0.0381. The minimum absolute atomic E-state index is 0.329. The molecule has 0 radical (unpaired) electrons. The first-order valence-electron chi connectivity index (χ1n) is 5.84. The fraction of sp³-hybridized carbons (Fsp3) is 0. The van der Waals surface area contributed by atoms with Gasteiger partial charge in [0.05, 0.1) is 23.9 Å². The van der Waals surface area contributed by atoms with Crippen LogP contribution in [-0.4, -0.2) is 14.5 Å². The molecular weight excluding hydrogens is 279 g/mol. The van der Waals surface area contributed by atoms with Crippen LogP contribution in [0, 0.1) is 5.82 Å². The summed E-state index contributed by atoms with van der Waals surface area (Å²) >= 11 is 5.88. The number of aromatic nitrogens is 3. The van der Waals surface area contributed by atoms with E-state index < -0.39 is 5.82 Å². The van der Waals surface area contributed by atoms with Crippen LogP contribution in [0.4, 0.5) is 10.2 Å². The Kier molecular flexibility index (Phi) is 3.12. The monoisotopic (exact) mass is 288 g/mol. The van der Waals surface area contributed by atoms with Gasteiger partial charge in [-0.3, -0.25) is 4.57 Å². The molecule has 2 heterocycles. The number of imidazole rings is 1. The predicted octanol–water partition coefficient (Wildman–Crippen LogP) is 3.31. The maximum atomic E-state index is 13.5. The smallest absolute Gasteiger partial charge is 0.126 e. The van der Waals surface area contributed by atoms with Crippen molar-refractivity contribution in [1.29, 1.82) is 0 Å². The Morgan fingerprint density at radius 2 is 2.00 bits per heavy atom. The van der Waals surface area contributed by atoms with Crippen LogP contribution in [0.15, 0.2) is 49.1 Å². The molecule has 0 saturated carbocycles. The zero-order valence-corrected chi connectivity index (χ0v) is 11.0. The van der Waals surface area contributed by atoms with E-state index in [-0.39, 0.29) is 0 Å². The van der Waals surface area contributed by atoms with Gasteiger partial charge in [-0.1, -0.05) is 11.6 Å². The average Bonchev–Trinajstić information content (AvgIpc) is 2.87. The van der Waals surface area contributed by atoms with Crippen molar-refractivity contribution in [2.75, 3.05) is 5.73 Å². The van der Waals surface area contributed by atoms with Gasteiger partial charge in [0.1, 0.15) is 11.6 Å². The molecule has 0 aliphatic carbocycles. The Labute approximate surface area is 119 Å². The van der Waals surface area contributed by atoms with Crippen molar-refractivity contribution in [3.63, 3.8) is 0 Å². The quantitative estimate of drug-likeness (QED) is 0.787.